The molecule has 0 radical (unpaired) electrons. The second kappa shape index (κ2) is 23.3. The predicted molar refractivity (Wildman–Crippen MR) is 384 cm³/mol. The first-order valence-corrected chi connectivity index (χ1v) is 36.6. The molecule has 6 heterocycles. The number of fused-ring (bicyclic) bond motifs is 3. The Labute approximate surface area is 600 Å². The lowest BCUT2D eigenvalue weighted by atomic mass is 9.90. The molecular weight excluding hydrogens is 1490 g/mol. The molecule has 0 bridgehead atoms. The van der Waals surface area contributed by atoms with Gasteiger partial charge in [-0.15, -0.1) is 68.0 Å². The molecule has 0 unspecified atom stereocenters. The summed E-state index contributed by atoms with van der Waals surface area (Å²) in [6, 6.07) is 37.4. The molecule has 0 atom stereocenters. The zero-order chi connectivity index (χ0) is 74.1. The Morgan fingerprint density at radius 2 is 0.427 bits per heavy atom. The van der Waals surface area contributed by atoms with Crippen molar-refractivity contribution >= 4 is 149 Å². The largest absolute Gasteiger partial charge is 0.380 e. The van der Waals surface area contributed by atoms with E-state index in [1.165, 1.54) is 98.7 Å². The lowest BCUT2D eigenvalue weighted by Crippen LogP contribution is -2.49. The van der Waals surface area contributed by atoms with Crippen LogP contribution < -0.4 is 4.90 Å². The van der Waals surface area contributed by atoms with Crippen molar-refractivity contribution in [2.75, 3.05) is 4.90 Å². The molecular formula is C78H51F18NS6. The number of nitrogens with zero attached hydrogens (tertiary/aromatic N) is 1. The number of thiophene rings is 6. The lowest BCUT2D eigenvalue weighted by molar-refractivity contribution is -0.254. The Balaban J connectivity index is 0.854. The maximum Gasteiger partial charge on any atom is 0.380 e. The third-order valence-corrected chi connectivity index (χ3v) is 27.0. The summed E-state index contributed by atoms with van der Waals surface area (Å²) in [6.45, 7) is 12.5. The van der Waals surface area contributed by atoms with Crippen LogP contribution in [-0.2, 0) is 0 Å². The van der Waals surface area contributed by atoms with Crippen molar-refractivity contribution < 1.29 is 79.0 Å². The number of halogens is 18. The van der Waals surface area contributed by atoms with E-state index in [-0.39, 0.29) is 76.7 Å². The maximum absolute atomic E-state index is 16.6. The number of benzene rings is 6. The highest BCUT2D eigenvalue weighted by Gasteiger charge is 2.83. The van der Waals surface area contributed by atoms with Crippen LogP contribution in [0.3, 0.4) is 0 Å². The van der Waals surface area contributed by atoms with E-state index in [2.05, 4.69) is 0 Å². The monoisotopic (exact) mass is 1540 g/mol. The van der Waals surface area contributed by atoms with Crippen molar-refractivity contribution in [1.82, 2.24) is 0 Å². The molecule has 15 rings (SSSR count). The number of alkyl halides is 18. The molecule has 0 saturated heterocycles. The molecule has 0 spiro atoms. The molecule has 1 nitrogen and oxygen atoms in total. The maximum atomic E-state index is 16.6. The molecule has 530 valence electrons. The highest BCUT2D eigenvalue weighted by Crippen LogP contribution is 2.71. The van der Waals surface area contributed by atoms with Gasteiger partial charge in [0.25, 0.3) is 0 Å². The highest BCUT2D eigenvalue weighted by molar-refractivity contribution is 7.20. The van der Waals surface area contributed by atoms with E-state index in [4.69, 9.17) is 0 Å². The fraction of sp³-hybridized carbons (Fsp3) is 0.231. The van der Waals surface area contributed by atoms with Crippen LogP contribution in [-0.4, -0.2) is 53.3 Å². The number of anilines is 3. The number of rotatable bonds is 12. The van der Waals surface area contributed by atoms with Crippen LogP contribution >= 0.6 is 68.0 Å². The fourth-order valence-corrected chi connectivity index (χ4v) is 22.0. The lowest BCUT2D eigenvalue weighted by Gasteiger charge is -2.26. The van der Waals surface area contributed by atoms with Crippen LogP contribution in [0.1, 0.15) is 79.3 Å². The van der Waals surface area contributed by atoms with E-state index in [1.54, 1.807) is 114 Å². The van der Waals surface area contributed by atoms with Gasteiger partial charge in [-0.3, -0.25) is 0 Å². The molecule has 3 aliphatic carbocycles. The van der Waals surface area contributed by atoms with Crippen LogP contribution in [0.4, 0.5) is 96.1 Å². The molecule has 103 heavy (non-hydrogen) atoms. The highest BCUT2D eigenvalue weighted by atomic mass is 32.1. The third-order valence-electron chi connectivity index (χ3n) is 19.9. The summed E-state index contributed by atoms with van der Waals surface area (Å²) >= 11 is 5.73. The van der Waals surface area contributed by atoms with Crippen molar-refractivity contribution in [3.63, 3.8) is 0 Å². The van der Waals surface area contributed by atoms with Gasteiger partial charge in [0.2, 0.25) is 0 Å². The summed E-state index contributed by atoms with van der Waals surface area (Å²) in [4.78, 5) is 2.97. The Morgan fingerprint density at radius 1 is 0.233 bits per heavy atom. The summed E-state index contributed by atoms with van der Waals surface area (Å²) in [5.74, 6) is -49.6. The van der Waals surface area contributed by atoms with Gasteiger partial charge >= 0.3 is 53.3 Å². The summed E-state index contributed by atoms with van der Waals surface area (Å²) < 4.78 is 295. The van der Waals surface area contributed by atoms with E-state index in [1.807, 2.05) is 0 Å². The van der Waals surface area contributed by atoms with Gasteiger partial charge in [0.05, 0.1) is 0 Å². The van der Waals surface area contributed by atoms with Crippen molar-refractivity contribution in [3.8, 4) is 31.3 Å². The topological polar surface area (TPSA) is 3.24 Å². The summed E-state index contributed by atoms with van der Waals surface area (Å²) in [5.41, 5.74) is -9.47. The van der Waals surface area contributed by atoms with Gasteiger partial charge in [-0.2, -0.15) is 79.0 Å². The smallest absolute Gasteiger partial charge is 0.311 e. The Kier molecular flexibility index (Phi) is 16.0. The summed E-state index contributed by atoms with van der Waals surface area (Å²) in [5, 5.41) is 0.293. The minimum atomic E-state index is -5.84. The Hall–Kier alpha value is -7.94. The summed E-state index contributed by atoms with van der Waals surface area (Å²) in [6.07, 6.45) is 0. The Bertz CT molecular complexity index is 5120. The van der Waals surface area contributed by atoms with Crippen LogP contribution in [0, 0.1) is 62.3 Å². The quantitative estimate of drug-likeness (QED) is 0.110. The van der Waals surface area contributed by atoms with Gasteiger partial charge in [-0.25, -0.2) is 0 Å². The van der Waals surface area contributed by atoms with Crippen LogP contribution in [0.25, 0.3) is 95.0 Å². The van der Waals surface area contributed by atoms with E-state index < -0.39 is 120 Å². The Morgan fingerprint density at radius 3 is 0.650 bits per heavy atom. The second-order valence-corrected chi connectivity index (χ2v) is 33.4. The van der Waals surface area contributed by atoms with Crippen molar-refractivity contribution in [1.29, 1.82) is 0 Å². The molecule has 25 heteroatoms. The molecule has 0 fully saturated rings. The molecule has 12 aromatic rings. The molecule has 0 aliphatic heterocycles. The SMILES string of the molecule is Cc1sc(-c2ccc(N(c3ccc(-c4sc(C)c(C5=C(c6c(C)sc7ccccc67)C(F)(F)C(F)(F)C5(F)F)c4C)cc3)c3ccc(-c4sc(C)c(C5=C(c6c(C)sc7ccccc67)C(F)(F)C(F)(F)C5(F)F)c4C)cc3)cc2)c(C)c1C1=C(c2c(C)sc3ccccc23)C(F)(F)C(F)(F)C1(F)F. The van der Waals surface area contributed by atoms with Crippen LogP contribution in [0.5, 0.6) is 0 Å². The normalized spacial score (nSPS) is 19.0. The molecule has 0 amide bonds. The number of hydrogen-bond acceptors (Lipinski definition) is 7. The third kappa shape index (κ3) is 9.54. The van der Waals surface area contributed by atoms with Crippen molar-refractivity contribution in [2.24, 2.45) is 0 Å². The molecule has 6 aromatic heterocycles. The predicted octanol–water partition coefficient (Wildman–Crippen LogP) is 28.3. The molecule has 3 aliphatic rings. The summed E-state index contributed by atoms with van der Waals surface area (Å²) in [7, 11) is 0. The van der Waals surface area contributed by atoms with E-state index in [9.17, 15) is 0 Å². The average Bonchev–Trinajstić information content (AvgIpc) is 1.53. The van der Waals surface area contributed by atoms with Gasteiger partial charge in [-0.05, 0) is 150 Å². The van der Waals surface area contributed by atoms with Gasteiger partial charge < -0.3 is 4.90 Å². The standard InChI is InChI=1S/C78H51F18NS6/c1-34-55(61-64(73(85,86)76(91,92)70(61,79)80)58-40(7)98-52-19-13-10-16-49(52)58)37(4)101-67(34)43-22-28-46(29-23-43)97(47-30-24-44(25-31-47)68-35(2)56(38(5)102-68)62-65(74(87,88)77(93,94)71(62,81)82)59-41(8)99-53-20-14-11-17-50(53)59)48-32-26-45(27-33-48)69-36(3)57(39(6)103-69)63-66(75(89,90)78(95,96)72(63,83)84)60-42(9)100-54-21-15-12-18-51(54)60/h10-33H,1-9H3. The first-order chi connectivity index (χ1) is 48.2. The van der Waals surface area contributed by atoms with Gasteiger partial charge in [0, 0.05) is 158 Å². The van der Waals surface area contributed by atoms with Crippen molar-refractivity contribution in [2.45, 2.75) is 116 Å². The van der Waals surface area contributed by atoms with Crippen molar-refractivity contribution in [3.05, 3.63) is 225 Å². The fourth-order valence-electron chi connectivity index (χ4n) is 15.2. The van der Waals surface area contributed by atoms with Crippen LogP contribution in [0.2, 0.25) is 0 Å². The minimum Gasteiger partial charge on any atom is -0.311 e. The van der Waals surface area contributed by atoms with Crippen LogP contribution in [0.15, 0.2) is 146 Å². The number of hydrogen-bond donors (Lipinski definition) is 0. The van der Waals surface area contributed by atoms with E-state index >= 15 is 79.0 Å². The van der Waals surface area contributed by atoms with Gasteiger partial charge in [0.1, 0.15) is 0 Å². The zero-order valence-corrected chi connectivity index (χ0v) is 60.0. The first kappa shape index (κ1) is 70.7. The number of aryl methyl sites for hydroxylation is 6. The minimum absolute atomic E-state index is 0.00370. The van der Waals surface area contributed by atoms with Gasteiger partial charge in [-0.1, -0.05) is 91.0 Å². The zero-order valence-electron chi connectivity index (χ0n) is 55.1. The van der Waals surface area contributed by atoms with E-state index in [0.29, 0.717) is 47.9 Å². The molecule has 0 N–H and O–H groups in total. The molecule has 0 saturated carbocycles. The average molecular weight is 1540 g/mol. The molecule has 6 aromatic carbocycles. The first-order valence-electron chi connectivity index (χ1n) is 31.7. The number of allylic oxidation sites excluding steroid dienone is 6. The van der Waals surface area contributed by atoms with E-state index in [0.717, 1.165) is 68.0 Å². The van der Waals surface area contributed by atoms with Gasteiger partial charge in [0.15, 0.2) is 0 Å². The second-order valence-electron chi connectivity index (χ2n) is 25.9.